The SMILES string of the molecule is CC(c1nc(COCC(F)(F)F)no1)N1CCNCC1. The van der Waals surface area contributed by atoms with Crippen molar-refractivity contribution in [1.82, 2.24) is 20.4 Å². The first-order chi connectivity index (χ1) is 9.46. The van der Waals surface area contributed by atoms with Gasteiger partial charge in [-0.1, -0.05) is 5.16 Å². The van der Waals surface area contributed by atoms with Crippen LogP contribution in [0.15, 0.2) is 4.52 Å². The Morgan fingerprint density at radius 1 is 1.40 bits per heavy atom. The first-order valence-electron chi connectivity index (χ1n) is 6.37. The zero-order chi connectivity index (χ0) is 14.6. The van der Waals surface area contributed by atoms with Gasteiger partial charge in [0.15, 0.2) is 5.82 Å². The standard InChI is InChI=1S/C11H17F3N4O2/c1-8(18-4-2-15-3-5-18)10-16-9(17-20-10)6-19-7-11(12,13)14/h8,15H,2-7H2,1H3. The number of alkyl halides is 3. The lowest BCUT2D eigenvalue weighted by atomic mass is 10.2. The molecule has 1 atom stereocenters. The fourth-order valence-corrected chi connectivity index (χ4v) is 1.98. The number of halogens is 3. The molecule has 0 radical (unpaired) electrons. The van der Waals surface area contributed by atoms with E-state index in [2.05, 4.69) is 25.1 Å². The summed E-state index contributed by atoms with van der Waals surface area (Å²) in [5.74, 6) is 0.531. The predicted molar refractivity (Wildman–Crippen MR) is 62.9 cm³/mol. The van der Waals surface area contributed by atoms with E-state index in [9.17, 15) is 13.2 Å². The largest absolute Gasteiger partial charge is 0.411 e. The molecule has 0 aromatic carbocycles. The van der Waals surface area contributed by atoms with Crippen LogP contribution in [0.5, 0.6) is 0 Å². The lowest BCUT2D eigenvalue weighted by Crippen LogP contribution is -2.44. The Morgan fingerprint density at radius 2 is 2.10 bits per heavy atom. The van der Waals surface area contributed by atoms with Crippen LogP contribution in [0, 0.1) is 0 Å². The number of ether oxygens (including phenoxy) is 1. The molecule has 9 heteroatoms. The minimum Gasteiger partial charge on any atom is -0.364 e. The molecule has 0 amide bonds. The van der Waals surface area contributed by atoms with Crippen molar-refractivity contribution < 1.29 is 22.4 Å². The van der Waals surface area contributed by atoms with Crippen molar-refractivity contribution in [3.63, 3.8) is 0 Å². The summed E-state index contributed by atoms with van der Waals surface area (Å²) in [4.78, 5) is 6.24. The zero-order valence-electron chi connectivity index (χ0n) is 11.1. The van der Waals surface area contributed by atoms with Crippen LogP contribution in [0.4, 0.5) is 13.2 Å². The first-order valence-corrected chi connectivity index (χ1v) is 6.37. The van der Waals surface area contributed by atoms with Crippen LogP contribution >= 0.6 is 0 Å². The average Bonchev–Trinajstić information content (AvgIpc) is 2.86. The summed E-state index contributed by atoms with van der Waals surface area (Å²) < 4.78 is 45.4. The normalized spacial score (nSPS) is 19.2. The van der Waals surface area contributed by atoms with E-state index in [0.29, 0.717) is 5.89 Å². The molecule has 0 spiro atoms. The number of rotatable bonds is 5. The highest BCUT2D eigenvalue weighted by Crippen LogP contribution is 2.19. The number of hydrogen-bond acceptors (Lipinski definition) is 6. The molecular formula is C11H17F3N4O2. The molecule has 1 aromatic rings. The third kappa shape index (κ3) is 4.43. The number of hydrogen-bond donors (Lipinski definition) is 1. The van der Waals surface area contributed by atoms with Gasteiger partial charge < -0.3 is 14.6 Å². The fourth-order valence-electron chi connectivity index (χ4n) is 1.98. The van der Waals surface area contributed by atoms with E-state index in [1.54, 1.807) is 0 Å². The Hall–Kier alpha value is -1.19. The molecule has 0 aliphatic carbocycles. The fraction of sp³-hybridized carbons (Fsp3) is 0.818. The lowest BCUT2D eigenvalue weighted by molar-refractivity contribution is -0.177. The molecule has 1 aliphatic rings. The van der Waals surface area contributed by atoms with E-state index in [1.807, 2.05) is 6.92 Å². The van der Waals surface area contributed by atoms with Gasteiger partial charge in [0.2, 0.25) is 5.89 Å². The Balaban J connectivity index is 1.84. The van der Waals surface area contributed by atoms with E-state index in [-0.39, 0.29) is 18.5 Å². The van der Waals surface area contributed by atoms with Crippen LogP contribution in [-0.4, -0.2) is 54.0 Å². The Labute approximate surface area is 114 Å². The van der Waals surface area contributed by atoms with Gasteiger partial charge in [0.05, 0.1) is 6.04 Å². The van der Waals surface area contributed by atoms with E-state index >= 15 is 0 Å². The zero-order valence-corrected chi connectivity index (χ0v) is 11.1. The van der Waals surface area contributed by atoms with Gasteiger partial charge >= 0.3 is 6.18 Å². The van der Waals surface area contributed by atoms with Gasteiger partial charge in [-0.15, -0.1) is 0 Å². The van der Waals surface area contributed by atoms with Gasteiger partial charge in [-0.25, -0.2) is 0 Å². The van der Waals surface area contributed by atoms with Crippen LogP contribution in [-0.2, 0) is 11.3 Å². The molecule has 2 heterocycles. The van der Waals surface area contributed by atoms with Gasteiger partial charge in [0, 0.05) is 26.2 Å². The smallest absolute Gasteiger partial charge is 0.364 e. The van der Waals surface area contributed by atoms with Crippen LogP contribution in [0.25, 0.3) is 0 Å². The summed E-state index contributed by atoms with van der Waals surface area (Å²) in [5, 5.41) is 6.86. The Kier molecular flexibility index (Phi) is 4.95. The first kappa shape index (κ1) is 15.2. The maximum absolute atomic E-state index is 11.9. The molecule has 1 fully saturated rings. The molecule has 0 bridgehead atoms. The predicted octanol–water partition coefficient (Wildman–Crippen LogP) is 1.11. The molecule has 114 valence electrons. The summed E-state index contributed by atoms with van der Waals surface area (Å²) in [5.41, 5.74) is 0. The number of piperazine rings is 1. The highest BCUT2D eigenvalue weighted by molar-refractivity contribution is 4.92. The van der Waals surface area contributed by atoms with E-state index in [1.165, 1.54) is 0 Å². The third-order valence-electron chi connectivity index (χ3n) is 3.04. The molecular weight excluding hydrogens is 277 g/mol. The minimum absolute atomic E-state index is 0.0547. The van der Waals surface area contributed by atoms with Crippen molar-refractivity contribution in [3.05, 3.63) is 11.7 Å². The molecule has 1 saturated heterocycles. The monoisotopic (exact) mass is 294 g/mol. The Morgan fingerprint density at radius 3 is 2.75 bits per heavy atom. The van der Waals surface area contributed by atoms with Crippen LogP contribution in [0.3, 0.4) is 0 Å². The molecule has 2 rings (SSSR count). The van der Waals surface area contributed by atoms with Gasteiger partial charge in [0.25, 0.3) is 0 Å². The second-order valence-corrected chi connectivity index (χ2v) is 4.62. The number of aromatic nitrogens is 2. The van der Waals surface area contributed by atoms with Crippen LogP contribution in [0.1, 0.15) is 24.7 Å². The van der Waals surface area contributed by atoms with E-state index in [4.69, 9.17) is 4.52 Å². The summed E-state index contributed by atoms with van der Waals surface area (Å²) in [6, 6.07) is -0.0547. The molecule has 1 aromatic heterocycles. The molecule has 6 nitrogen and oxygen atoms in total. The summed E-state index contributed by atoms with van der Waals surface area (Å²) in [6.45, 7) is 3.81. The maximum atomic E-state index is 11.9. The van der Waals surface area contributed by atoms with Crippen molar-refractivity contribution in [2.75, 3.05) is 32.8 Å². The summed E-state index contributed by atoms with van der Waals surface area (Å²) in [7, 11) is 0. The number of nitrogens with one attached hydrogen (secondary N) is 1. The molecule has 20 heavy (non-hydrogen) atoms. The molecule has 0 saturated carbocycles. The van der Waals surface area contributed by atoms with Crippen molar-refractivity contribution >= 4 is 0 Å². The van der Waals surface area contributed by atoms with Crippen molar-refractivity contribution in [2.24, 2.45) is 0 Å². The molecule has 1 N–H and O–H groups in total. The summed E-state index contributed by atoms with van der Waals surface area (Å²) in [6.07, 6.45) is -4.35. The van der Waals surface area contributed by atoms with E-state index in [0.717, 1.165) is 26.2 Å². The van der Waals surface area contributed by atoms with Crippen molar-refractivity contribution in [2.45, 2.75) is 25.7 Å². The third-order valence-corrected chi connectivity index (χ3v) is 3.04. The van der Waals surface area contributed by atoms with Crippen molar-refractivity contribution in [1.29, 1.82) is 0 Å². The summed E-state index contributed by atoms with van der Waals surface area (Å²) >= 11 is 0. The molecule has 1 unspecified atom stereocenters. The minimum atomic E-state index is -4.35. The maximum Gasteiger partial charge on any atom is 0.411 e. The van der Waals surface area contributed by atoms with Gasteiger partial charge in [0.1, 0.15) is 13.2 Å². The van der Waals surface area contributed by atoms with Crippen LogP contribution in [0.2, 0.25) is 0 Å². The van der Waals surface area contributed by atoms with Gasteiger partial charge in [-0.3, -0.25) is 4.90 Å². The van der Waals surface area contributed by atoms with Gasteiger partial charge in [-0.2, -0.15) is 18.2 Å². The average molecular weight is 294 g/mol. The topological polar surface area (TPSA) is 63.4 Å². The highest BCUT2D eigenvalue weighted by Gasteiger charge is 2.28. The van der Waals surface area contributed by atoms with Crippen LogP contribution < -0.4 is 5.32 Å². The van der Waals surface area contributed by atoms with Crippen molar-refractivity contribution in [3.8, 4) is 0 Å². The highest BCUT2D eigenvalue weighted by atomic mass is 19.4. The second kappa shape index (κ2) is 6.51. The second-order valence-electron chi connectivity index (χ2n) is 4.62. The van der Waals surface area contributed by atoms with Gasteiger partial charge in [-0.05, 0) is 6.92 Å². The lowest BCUT2D eigenvalue weighted by Gasteiger charge is -2.30. The quantitative estimate of drug-likeness (QED) is 0.878. The number of nitrogens with zero attached hydrogens (tertiary/aromatic N) is 3. The molecule has 1 aliphatic heterocycles. The van der Waals surface area contributed by atoms with E-state index < -0.39 is 12.8 Å². The Bertz CT molecular complexity index is 418.